The summed E-state index contributed by atoms with van der Waals surface area (Å²) in [6.07, 6.45) is 2.94. The molecule has 0 unspecified atom stereocenters. The maximum Gasteiger partial charge on any atom is 0.241 e. The van der Waals surface area contributed by atoms with E-state index in [-0.39, 0.29) is 5.54 Å². The van der Waals surface area contributed by atoms with Crippen molar-refractivity contribution in [3.05, 3.63) is 29.8 Å². The van der Waals surface area contributed by atoms with Gasteiger partial charge in [0.25, 0.3) is 0 Å². The second-order valence-electron chi connectivity index (χ2n) is 4.80. The maximum absolute atomic E-state index is 12.1. The summed E-state index contributed by atoms with van der Waals surface area (Å²) < 4.78 is 27.0. The van der Waals surface area contributed by atoms with Crippen LogP contribution in [0.15, 0.2) is 29.2 Å². The van der Waals surface area contributed by atoms with Crippen molar-refractivity contribution >= 4 is 26.0 Å². The minimum Gasteiger partial charge on any atom is -0.207 e. The van der Waals surface area contributed by atoms with Crippen LogP contribution in [-0.2, 0) is 15.4 Å². The SMILES string of the molecule is CC1(NS(=O)(=O)c2ccc(CBr)cc2)CCC1. The molecule has 1 aromatic rings. The van der Waals surface area contributed by atoms with Crippen molar-refractivity contribution in [3.63, 3.8) is 0 Å². The number of halogens is 1. The van der Waals surface area contributed by atoms with Crippen molar-refractivity contribution < 1.29 is 8.42 Å². The van der Waals surface area contributed by atoms with Gasteiger partial charge in [-0.05, 0) is 43.9 Å². The number of nitrogens with one attached hydrogen (secondary N) is 1. The third-order valence-electron chi connectivity index (χ3n) is 3.23. The van der Waals surface area contributed by atoms with Crippen molar-refractivity contribution in [2.45, 2.75) is 42.0 Å². The molecule has 0 saturated heterocycles. The molecule has 0 bridgehead atoms. The Morgan fingerprint density at radius 1 is 1.29 bits per heavy atom. The maximum atomic E-state index is 12.1. The lowest BCUT2D eigenvalue weighted by Gasteiger charge is -2.38. The first-order valence-corrected chi connectivity index (χ1v) is 8.25. The summed E-state index contributed by atoms with van der Waals surface area (Å²) in [5.74, 6) is 0. The minimum absolute atomic E-state index is 0.243. The van der Waals surface area contributed by atoms with Gasteiger partial charge in [0.1, 0.15) is 0 Å². The van der Waals surface area contributed by atoms with Gasteiger partial charge in [-0.15, -0.1) is 0 Å². The van der Waals surface area contributed by atoms with Gasteiger partial charge in [-0.1, -0.05) is 28.1 Å². The van der Waals surface area contributed by atoms with Gasteiger partial charge in [-0.25, -0.2) is 13.1 Å². The lowest BCUT2D eigenvalue weighted by molar-refractivity contribution is 0.248. The minimum atomic E-state index is -3.37. The normalized spacial score (nSPS) is 18.7. The van der Waals surface area contributed by atoms with Crippen molar-refractivity contribution in [3.8, 4) is 0 Å². The summed E-state index contributed by atoms with van der Waals surface area (Å²) in [5.41, 5.74) is 0.825. The van der Waals surface area contributed by atoms with Gasteiger partial charge in [0, 0.05) is 10.9 Å². The molecule has 5 heteroatoms. The highest BCUT2D eigenvalue weighted by molar-refractivity contribution is 9.08. The Bertz CT molecular complexity index is 492. The summed E-state index contributed by atoms with van der Waals surface area (Å²) >= 11 is 3.34. The molecule has 0 radical (unpaired) electrons. The first kappa shape index (κ1) is 13.1. The van der Waals surface area contributed by atoms with Crippen LogP contribution in [0.25, 0.3) is 0 Å². The van der Waals surface area contributed by atoms with Crippen LogP contribution in [0.2, 0.25) is 0 Å². The predicted molar refractivity (Wildman–Crippen MR) is 71.7 cm³/mol. The second kappa shape index (κ2) is 4.71. The van der Waals surface area contributed by atoms with Crippen LogP contribution in [0.1, 0.15) is 31.7 Å². The van der Waals surface area contributed by atoms with Gasteiger partial charge in [0.05, 0.1) is 4.90 Å². The molecular formula is C12H16BrNO2S. The van der Waals surface area contributed by atoms with Crippen LogP contribution in [0, 0.1) is 0 Å². The highest BCUT2D eigenvalue weighted by Gasteiger charge is 2.36. The van der Waals surface area contributed by atoms with E-state index in [0.717, 1.165) is 30.2 Å². The van der Waals surface area contributed by atoms with Crippen LogP contribution in [0.5, 0.6) is 0 Å². The number of rotatable bonds is 4. The van der Waals surface area contributed by atoms with E-state index in [1.54, 1.807) is 12.1 Å². The molecule has 2 rings (SSSR count). The van der Waals surface area contributed by atoms with Crippen LogP contribution >= 0.6 is 15.9 Å². The Balaban J connectivity index is 2.19. The summed E-state index contributed by atoms with van der Waals surface area (Å²) in [7, 11) is -3.37. The van der Waals surface area contributed by atoms with E-state index in [2.05, 4.69) is 20.7 Å². The Labute approximate surface area is 111 Å². The summed E-state index contributed by atoms with van der Waals surface area (Å²) in [6, 6.07) is 6.96. The van der Waals surface area contributed by atoms with Gasteiger partial charge in [-0.3, -0.25) is 0 Å². The van der Waals surface area contributed by atoms with E-state index in [4.69, 9.17) is 0 Å². The molecule has 0 spiro atoms. The molecule has 0 atom stereocenters. The number of alkyl halides is 1. The predicted octanol–water partition coefficient (Wildman–Crippen LogP) is 2.80. The highest BCUT2D eigenvalue weighted by atomic mass is 79.9. The van der Waals surface area contributed by atoms with Crippen LogP contribution in [0.4, 0.5) is 0 Å². The molecule has 1 fully saturated rings. The third-order valence-corrected chi connectivity index (χ3v) is 5.53. The van der Waals surface area contributed by atoms with Crippen LogP contribution in [0.3, 0.4) is 0 Å². The lowest BCUT2D eigenvalue weighted by atomic mass is 9.80. The summed E-state index contributed by atoms with van der Waals surface area (Å²) in [4.78, 5) is 0.343. The molecule has 0 amide bonds. The fraction of sp³-hybridized carbons (Fsp3) is 0.500. The molecule has 1 saturated carbocycles. The zero-order chi connectivity index (χ0) is 12.5. The van der Waals surface area contributed by atoms with Gasteiger partial charge >= 0.3 is 0 Å². The fourth-order valence-corrected chi connectivity index (χ4v) is 3.79. The molecule has 0 aliphatic heterocycles. The quantitative estimate of drug-likeness (QED) is 0.868. The van der Waals surface area contributed by atoms with Gasteiger partial charge in [-0.2, -0.15) is 0 Å². The molecule has 1 aliphatic rings. The molecule has 94 valence electrons. The van der Waals surface area contributed by atoms with E-state index in [1.165, 1.54) is 0 Å². The Kier molecular flexibility index (Phi) is 3.61. The van der Waals surface area contributed by atoms with Gasteiger partial charge in [0.2, 0.25) is 10.0 Å². The lowest BCUT2D eigenvalue weighted by Crippen LogP contribution is -2.50. The number of hydrogen-bond donors (Lipinski definition) is 1. The molecule has 0 heterocycles. The molecule has 1 N–H and O–H groups in total. The zero-order valence-corrected chi connectivity index (χ0v) is 12.1. The average Bonchev–Trinajstić information content (AvgIpc) is 2.26. The zero-order valence-electron chi connectivity index (χ0n) is 9.74. The van der Waals surface area contributed by atoms with E-state index in [1.807, 2.05) is 19.1 Å². The fourth-order valence-electron chi connectivity index (χ4n) is 1.95. The Morgan fingerprint density at radius 2 is 1.88 bits per heavy atom. The first-order chi connectivity index (χ1) is 7.95. The topological polar surface area (TPSA) is 46.2 Å². The number of sulfonamides is 1. The molecular weight excluding hydrogens is 302 g/mol. The molecule has 1 aliphatic carbocycles. The van der Waals surface area contributed by atoms with E-state index in [0.29, 0.717) is 4.90 Å². The van der Waals surface area contributed by atoms with Crippen molar-refractivity contribution in [1.29, 1.82) is 0 Å². The third kappa shape index (κ3) is 2.89. The first-order valence-electron chi connectivity index (χ1n) is 5.64. The monoisotopic (exact) mass is 317 g/mol. The van der Waals surface area contributed by atoms with Gasteiger partial charge < -0.3 is 0 Å². The van der Waals surface area contributed by atoms with E-state index >= 15 is 0 Å². The standard InChI is InChI=1S/C12H16BrNO2S/c1-12(7-2-8-12)14-17(15,16)11-5-3-10(9-13)4-6-11/h3-6,14H,2,7-9H2,1H3. The summed E-state index contributed by atoms with van der Waals surface area (Å²) in [6.45, 7) is 1.96. The molecule has 3 nitrogen and oxygen atoms in total. The molecule has 0 aromatic heterocycles. The smallest absolute Gasteiger partial charge is 0.207 e. The van der Waals surface area contributed by atoms with Crippen molar-refractivity contribution in [1.82, 2.24) is 4.72 Å². The Hall–Kier alpha value is -0.390. The van der Waals surface area contributed by atoms with Crippen molar-refractivity contribution in [2.75, 3.05) is 0 Å². The Morgan fingerprint density at radius 3 is 2.29 bits per heavy atom. The average molecular weight is 318 g/mol. The summed E-state index contributed by atoms with van der Waals surface area (Å²) in [5, 5.41) is 0.735. The highest BCUT2D eigenvalue weighted by Crippen LogP contribution is 2.32. The van der Waals surface area contributed by atoms with Crippen molar-refractivity contribution in [2.24, 2.45) is 0 Å². The second-order valence-corrected chi connectivity index (χ2v) is 7.04. The van der Waals surface area contributed by atoms with E-state index < -0.39 is 10.0 Å². The van der Waals surface area contributed by atoms with E-state index in [9.17, 15) is 8.42 Å². The molecule has 17 heavy (non-hydrogen) atoms. The molecule has 1 aromatic carbocycles. The number of hydrogen-bond acceptors (Lipinski definition) is 2. The van der Waals surface area contributed by atoms with Crippen LogP contribution < -0.4 is 4.72 Å². The number of benzene rings is 1. The van der Waals surface area contributed by atoms with Gasteiger partial charge in [0.15, 0.2) is 0 Å². The largest absolute Gasteiger partial charge is 0.241 e. The van der Waals surface area contributed by atoms with Crippen LogP contribution in [-0.4, -0.2) is 14.0 Å².